The highest BCUT2D eigenvalue weighted by Crippen LogP contribution is 2.81. The lowest BCUT2D eigenvalue weighted by molar-refractivity contribution is -0.147. The number of hydrogen-bond donors (Lipinski definition) is 0. The summed E-state index contributed by atoms with van der Waals surface area (Å²) < 4.78 is 17.9. The highest BCUT2D eigenvalue weighted by atomic mass is 35.5. The van der Waals surface area contributed by atoms with Gasteiger partial charge in [0.1, 0.15) is 0 Å². The Kier molecular flexibility index (Phi) is 4.59. The fourth-order valence-corrected chi connectivity index (χ4v) is 10.2. The quantitative estimate of drug-likeness (QED) is 0.363. The van der Waals surface area contributed by atoms with Crippen molar-refractivity contribution in [3.05, 3.63) is 82.9 Å². The van der Waals surface area contributed by atoms with Crippen molar-refractivity contribution in [1.82, 2.24) is 0 Å². The Morgan fingerprint density at radius 1 is 0.903 bits per heavy atom. The first-order valence-electron chi connectivity index (χ1n) is 10.8. The van der Waals surface area contributed by atoms with E-state index in [1.54, 1.807) is 0 Å². The van der Waals surface area contributed by atoms with Crippen molar-refractivity contribution in [2.75, 3.05) is 7.11 Å². The minimum absolute atomic E-state index is 0.449. The molecule has 5 rings (SSSR count). The second kappa shape index (κ2) is 6.79. The fourth-order valence-electron chi connectivity index (χ4n) is 6.42. The molecule has 31 heavy (non-hydrogen) atoms. The summed E-state index contributed by atoms with van der Waals surface area (Å²) >= 11 is 7.33. The lowest BCUT2D eigenvalue weighted by atomic mass is 9.60. The zero-order chi connectivity index (χ0) is 22.1. The molecule has 2 heterocycles. The average molecular weight is 455 g/mol. The van der Waals surface area contributed by atoms with Crippen LogP contribution in [0.1, 0.15) is 37.8 Å². The van der Waals surface area contributed by atoms with Gasteiger partial charge in [0.05, 0.1) is 16.6 Å². The van der Waals surface area contributed by atoms with Crippen LogP contribution in [0.5, 0.6) is 0 Å². The van der Waals surface area contributed by atoms with Gasteiger partial charge < -0.3 is 4.74 Å². The lowest BCUT2D eigenvalue weighted by Gasteiger charge is -2.46. The van der Waals surface area contributed by atoms with E-state index in [2.05, 4.69) is 31.2 Å². The third-order valence-corrected chi connectivity index (χ3v) is 11.8. The van der Waals surface area contributed by atoms with Crippen molar-refractivity contribution in [1.29, 1.82) is 0 Å². The van der Waals surface area contributed by atoms with Crippen molar-refractivity contribution in [2.45, 2.75) is 53.9 Å². The van der Waals surface area contributed by atoms with E-state index in [-0.39, 0.29) is 0 Å². The molecule has 4 unspecified atom stereocenters. The molecule has 2 aromatic carbocycles. The second-order valence-electron chi connectivity index (χ2n) is 9.35. The number of esters is 1. The molecule has 4 atom stereocenters. The van der Waals surface area contributed by atoms with E-state index >= 15 is 0 Å². The topological polar surface area (TPSA) is 43.4 Å². The van der Waals surface area contributed by atoms with Crippen molar-refractivity contribution in [2.24, 2.45) is 5.41 Å². The van der Waals surface area contributed by atoms with Crippen LogP contribution < -0.4 is 0 Å². The third kappa shape index (κ3) is 2.36. The molecule has 3 aliphatic rings. The molecule has 1 saturated heterocycles. The number of fused-ring (bicyclic) bond motifs is 3. The molecule has 5 heteroatoms. The maximum absolute atomic E-state index is 14.3. The molecule has 162 valence electrons. The normalized spacial score (nSPS) is 34.9. The summed E-state index contributed by atoms with van der Waals surface area (Å²) in [6, 6.07) is 20.5. The zero-order valence-corrected chi connectivity index (χ0v) is 19.7. The number of ether oxygens (including phenoxy) is 1. The van der Waals surface area contributed by atoms with Crippen LogP contribution in [0.25, 0.3) is 0 Å². The van der Waals surface area contributed by atoms with Gasteiger partial charge in [0.15, 0.2) is 4.87 Å². The number of methoxy groups -OCH3 is 1. The van der Waals surface area contributed by atoms with Gasteiger partial charge in [-0.25, -0.2) is 0 Å². The molecule has 2 aliphatic heterocycles. The van der Waals surface area contributed by atoms with Crippen LogP contribution in [-0.2, 0) is 33.2 Å². The summed E-state index contributed by atoms with van der Waals surface area (Å²) in [5.74, 6) is -0.449. The monoisotopic (exact) mass is 454 g/mol. The van der Waals surface area contributed by atoms with E-state index in [1.807, 2.05) is 43.3 Å². The minimum Gasteiger partial charge on any atom is -0.468 e. The van der Waals surface area contributed by atoms with E-state index in [9.17, 15) is 9.00 Å². The molecular weight excluding hydrogens is 428 g/mol. The van der Waals surface area contributed by atoms with Gasteiger partial charge in [0.2, 0.25) is 0 Å². The van der Waals surface area contributed by atoms with Gasteiger partial charge in [-0.05, 0) is 61.8 Å². The first kappa shape index (κ1) is 21.0. The lowest BCUT2D eigenvalue weighted by Crippen LogP contribution is -2.60. The first-order chi connectivity index (χ1) is 14.8. The highest BCUT2D eigenvalue weighted by molar-refractivity contribution is 7.89. The van der Waals surface area contributed by atoms with Gasteiger partial charge >= 0.3 is 5.97 Å². The van der Waals surface area contributed by atoms with E-state index in [1.165, 1.54) is 18.2 Å². The third-order valence-electron chi connectivity index (χ3n) is 8.15. The van der Waals surface area contributed by atoms with Gasteiger partial charge in [0, 0.05) is 16.2 Å². The van der Waals surface area contributed by atoms with Crippen molar-refractivity contribution in [3.8, 4) is 0 Å². The second-order valence-corrected chi connectivity index (χ2v) is 12.1. The van der Waals surface area contributed by atoms with Gasteiger partial charge in [-0.2, -0.15) is 0 Å². The van der Waals surface area contributed by atoms with Gasteiger partial charge in [-0.15, -0.1) is 11.6 Å². The first-order valence-corrected chi connectivity index (χ1v) is 12.3. The van der Waals surface area contributed by atoms with E-state index in [0.29, 0.717) is 6.42 Å². The molecule has 1 saturated carbocycles. The summed E-state index contributed by atoms with van der Waals surface area (Å²) in [4.78, 5) is 11.9. The number of hydrogen-bond acceptors (Lipinski definition) is 3. The van der Waals surface area contributed by atoms with Gasteiger partial charge in [-0.1, -0.05) is 60.7 Å². The number of carbonyl (C=O) groups excluding carboxylic acids is 1. The molecule has 0 amide bonds. The van der Waals surface area contributed by atoms with Crippen LogP contribution in [0.3, 0.4) is 0 Å². The Bertz CT molecular complexity index is 1110. The summed E-state index contributed by atoms with van der Waals surface area (Å²) in [5, 5.41) is 0. The molecule has 0 aromatic heterocycles. The Labute approximate surface area is 191 Å². The number of benzene rings is 2. The molecule has 2 aromatic rings. The zero-order valence-electron chi connectivity index (χ0n) is 18.1. The van der Waals surface area contributed by atoms with Crippen LogP contribution >= 0.6 is 11.6 Å². The minimum atomic E-state index is -1.35. The van der Waals surface area contributed by atoms with Gasteiger partial charge in [-0.3, -0.25) is 9.00 Å². The average Bonchev–Trinajstić information content (AvgIpc) is 3.58. The van der Waals surface area contributed by atoms with Crippen molar-refractivity contribution >= 4 is 28.4 Å². The predicted molar refractivity (Wildman–Crippen MR) is 125 cm³/mol. The Morgan fingerprint density at radius 2 is 1.35 bits per heavy atom. The molecule has 0 radical (unpaired) electrons. The Balaban J connectivity index is 1.76. The fraction of sp³-hybridized carbons (Fsp3) is 0.423. The van der Waals surface area contributed by atoms with Crippen molar-refractivity contribution < 1.29 is 13.7 Å². The van der Waals surface area contributed by atoms with Crippen LogP contribution in [0, 0.1) is 5.41 Å². The number of alkyl halides is 1. The number of rotatable bonds is 5. The van der Waals surface area contributed by atoms with E-state index in [0.717, 1.165) is 30.4 Å². The smallest absolute Gasteiger partial charge is 0.329 e. The largest absolute Gasteiger partial charge is 0.468 e. The molecule has 0 N–H and O–H groups in total. The summed E-state index contributed by atoms with van der Waals surface area (Å²) in [5.41, 5.74) is 4.03. The summed E-state index contributed by atoms with van der Waals surface area (Å²) in [6.45, 7) is 4.02. The van der Waals surface area contributed by atoms with Crippen LogP contribution in [-0.4, -0.2) is 31.7 Å². The Morgan fingerprint density at radius 3 is 1.77 bits per heavy atom. The maximum Gasteiger partial charge on any atom is 0.329 e. The molecule has 3 nitrogen and oxygen atoms in total. The summed E-state index contributed by atoms with van der Waals surface area (Å²) in [6.07, 6.45) is 2.93. The van der Waals surface area contributed by atoms with Crippen LogP contribution in [0.15, 0.2) is 71.8 Å². The summed E-state index contributed by atoms with van der Waals surface area (Å²) in [7, 11) is 0.0383. The highest BCUT2D eigenvalue weighted by Gasteiger charge is 2.90. The standard InChI is InChI=1S/C26H27ClO3S/c1-23-20(16-18-10-6-4-7-11-18)21(17-19-12-8-5-9-13-19)24(2,31(23)29)26(27,22(28)30-3)25(23)14-15-25/h4-13H,14-17H2,1-3H3. The maximum atomic E-state index is 14.3. The molecule has 1 aliphatic carbocycles. The molecule has 2 bridgehead atoms. The molecule has 1 spiro atoms. The van der Waals surface area contributed by atoms with Crippen LogP contribution in [0.2, 0.25) is 0 Å². The van der Waals surface area contributed by atoms with E-state index < -0.39 is 36.6 Å². The predicted octanol–water partition coefficient (Wildman–Crippen LogP) is 4.99. The molecule has 2 fully saturated rings. The Hall–Kier alpha value is -1.91. The van der Waals surface area contributed by atoms with E-state index in [4.69, 9.17) is 16.3 Å². The van der Waals surface area contributed by atoms with Crippen molar-refractivity contribution in [3.63, 3.8) is 0 Å². The molecular formula is C26H27ClO3S. The SMILES string of the molecule is COC(=O)C1(Cl)C2(C)C(Cc3ccccc3)=C(Cc3ccccc3)C(C)(S2=O)C12CC2. The van der Waals surface area contributed by atoms with Gasteiger partial charge in [0.25, 0.3) is 0 Å². The van der Waals surface area contributed by atoms with Crippen LogP contribution in [0.4, 0.5) is 0 Å². The number of halogens is 1. The number of carbonyl (C=O) groups is 1.